The second-order valence-electron chi connectivity index (χ2n) is 6.03. The lowest BCUT2D eigenvalue weighted by atomic mass is 10.0. The number of aryl methyl sites for hydroxylation is 1. The van der Waals surface area contributed by atoms with Crippen LogP contribution in [0.2, 0.25) is 0 Å². The summed E-state index contributed by atoms with van der Waals surface area (Å²) in [7, 11) is 6.30. The lowest BCUT2D eigenvalue weighted by molar-refractivity contribution is -0.192. The molecule has 168 valence electrons. The van der Waals surface area contributed by atoms with E-state index in [0.717, 1.165) is 16.5 Å². The fourth-order valence-electron chi connectivity index (χ4n) is 2.79. The number of carboxylic acid groups (broad SMARTS) is 1. The van der Waals surface area contributed by atoms with Crippen LogP contribution in [-0.2, 0) is 16.6 Å². The summed E-state index contributed by atoms with van der Waals surface area (Å²) < 4.78 is 48.9. The second-order valence-corrected chi connectivity index (χ2v) is 6.03. The molecule has 8 nitrogen and oxygen atoms in total. The number of carbonyl (C=O) groups excluding carboxylic acids is 1. The van der Waals surface area contributed by atoms with Crippen LogP contribution in [0.1, 0.15) is 11.9 Å². The van der Waals surface area contributed by atoms with Gasteiger partial charge >= 0.3 is 18.1 Å². The van der Waals surface area contributed by atoms with Crippen molar-refractivity contribution in [2.24, 2.45) is 7.05 Å². The highest BCUT2D eigenvalue weighted by Gasteiger charge is 2.38. The van der Waals surface area contributed by atoms with Crippen LogP contribution in [-0.4, -0.2) is 54.3 Å². The summed E-state index contributed by atoms with van der Waals surface area (Å²) in [5.41, 5.74) is 2.88. The molecule has 3 rings (SSSR count). The van der Waals surface area contributed by atoms with E-state index in [1.165, 1.54) is 11.8 Å². The third kappa shape index (κ3) is 5.05. The van der Waals surface area contributed by atoms with Gasteiger partial charge in [-0.25, -0.2) is 9.59 Å². The number of carboxylic acids is 1. The SMILES string of the molecule is COC(=O)c1c2cccc(-c3ccc(OC)cc3OC)c2nn1C.O=C(O)C(F)(F)F.[HH]. The van der Waals surface area contributed by atoms with Gasteiger partial charge in [0.2, 0.25) is 0 Å². The summed E-state index contributed by atoms with van der Waals surface area (Å²) in [5.74, 6) is -1.79. The zero-order chi connectivity index (χ0) is 23.3. The molecule has 0 aliphatic rings. The fourth-order valence-corrected chi connectivity index (χ4v) is 2.79. The normalized spacial score (nSPS) is 10.8. The van der Waals surface area contributed by atoms with Crippen LogP contribution in [0.25, 0.3) is 22.0 Å². The maximum atomic E-state index is 12.0. The first-order valence-corrected chi connectivity index (χ1v) is 8.61. The van der Waals surface area contributed by atoms with Crippen molar-refractivity contribution < 1.29 is 43.5 Å². The number of nitrogens with zero attached hydrogens (tertiary/aromatic N) is 2. The Bertz CT molecular complexity index is 1110. The Hall–Kier alpha value is -3.76. The quantitative estimate of drug-likeness (QED) is 0.611. The first-order chi connectivity index (χ1) is 14.5. The van der Waals surface area contributed by atoms with Gasteiger partial charge in [-0.15, -0.1) is 0 Å². The molecule has 0 radical (unpaired) electrons. The van der Waals surface area contributed by atoms with E-state index in [1.54, 1.807) is 21.3 Å². The zero-order valence-electron chi connectivity index (χ0n) is 17.0. The van der Waals surface area contributed by atoms with E-state index in [2.05, 4.69) is 5.10 Å². The number of rotatable bonds is 4. The molecule has 1 aromatic heterocycles. The molecule has 0 fully saturated rings. The molecule has 31 heavy (non-hydrogen) atoms. The Balaban J connectivity index is 0.000000558. The summed E-state index contributed by atoms with van der Waals surface area (Å²) in [6, 6.07) is 11.3. The number of benzene rings is 2. The first-order valence-electron chi connectivity index (χ1n) is 8.61. The molecule has 2 aromatic carbocycles. The molecule has 0 spiro atoms. The Morgan fingerprint density at radius 3 is 2.23 bits per heavy atom. The Morgan fingerprint density at radius 2 is 1.71 bits per heavy atom. The summed E-state index contributed by atoms with van der Waals surface area (Å²) in [6.45, 7) is 0. The summed E-state index contributed by atoms with van der Waals surface area (Å²) >= 11 is 0. The molecule has 1 N–H and O–H groups in total. The van der Waals surface area contributed by atoms with Crippen LogP contribution in [0.3, 0.4) is 0 Å². The van der Waals surface area contributed by atoms with Gasteiger partial charge in [-0.2, -0.15) is 18.3 Å². The maximum Gasteiger partial charge on any atom is 0.490 e. The first kappa shape index (κ1) is 23.5. The zero-order valence-corrected chi connectivity index (χ0v) is 17.0. The smallest absolute Gasteiger partial charge is 0.490 e. The molecule has 1 heterocycles. The standard InChI is InChI=1S/C18H18N2O4.C2HF3O2.H2/c1-20-17(18(21)24-4)14-7-5-6-13(16(14)19-20)12-9-8-11(22-2)10-15(12)23-3;3-2(4,5)1(6)7;/h5-10H,1-4H3;(H,6,7);1H. The predicted molar refractivity (Wildman–Crippen MR) is 106 cm³/mol. The topological polar surface area (TPSA) is 99.9 Å². The highest BCUT2D eigenvalue weighted by atomic mass is 19.4. The summed E-state index contributed by atoms with van der Waals surface area (Å²) in [5, 5.41) is 12.4. The molecule has 3 aromatic rings. The van der Waals surface area contributed by atoms with Gasteiger partial charge in [-0.3, -0.25) is 4.68 Å². The number of fused-ring (bicyclic) bond motifs is 1. The van der Waals surface area contributed by atoms with Crippen molar-refractivity contribution in [2.75, 3.05) is 21.3 Å². The highest BCUT2D eigenvalue weighted by Crippen LogP contribution is 2.37. The summed E-state index contributed by atoms with van der Waals surface area (Å²) in [6.07, 6.45) is -5.08. The van der Waals surface area contributed by atoms with E-state index in [-0.39, 0.29) is 1.43 Å². The monoisotopic (exact) mass is 442 g/mol. The van der Waals surface area contributed by atoms with Crippen LogP contribution in [0, 0.1) is 0 Å². The van der Waals surface area contributed by atoms with Crippen molar-refractivity contribution in [3.63, 3.8) is 0 Å². The largest absolute Gasteiger partial charge is 0.497 e. The number of hydrogen-bond donors (Lipinski definition) is 1. The molecule has 0 amide bonds. The van der Waals surface area contributed by atoms with Gasteiger partial charge in [-0.05, 0) is 12.1 Å². The highest BCUT2D eigenvalue weighted by molar-refractivity contribution is 6.06. The number of esters is 1. The molecule has 0 aliphatic carbocycles. The van der Waals surface area contributed by atoms with E-state index < -0.39 is 18.1 Å². The van der Waals surface area contributed by atoms with Crippen LogP contribution < -0.4 is 9.47 Å². The predicted octanol–water partition coefficient (Wildman–Crippen LogP) is 3.92. The van der Waals surface area contributed by atoms with Gasteiger partial charge in [-0.1, -0.05) is 18.2 Å². The number of alkyl halides is 3. The van der Waals surface area contributed by atoms with E-state index in [0.29, 0.717) is 22.7 Å². The molecular weight excluding hydrogens is 421 g/mol. The van der Waals surface area contributed by atoms with Gasteiger partial charge in [0.05, 0.1) is 21.3 Å². The van der Waals surface area contributed by atoms with Gasteiger partial charge in [0, 0.05) is 31.1 Å². The second kappa shape index (κ2) is 9.37. The molecule has 0 saturated carbocycles. The van der Waals surface area contributed by atoms with Crippen molar-refractivity contribution in [3.8, 4) is 22.6 Å². The minimum absolute atomic E-state index is 0. The van der Waals surface area contributed by atoms with Crippen LogP contribution >= 0.6 is 0 Å². The average Bonchev–Trinajstić information content (AvgIpc) is 3.08. The minimum Gasteiger partial charge on any atom is -0.497 e. The number of halogens is 3. The van der Waals surface area contributed by atoms with Gasteiger partial charge in [0.15, 0.2) is 5.69 Å². The van der Waals surface area contributed by atoms with Gasteiger partial charge in [0.1, 0.15) is 17.0 Å². The van der Waals surface area contributed by atoms with E-state index >= 15 is 0 Å². The van der Waals surface area contributed by atoms with Crippen molar-refractivity contribution in [2.45, 2.75) is 6.18 Å². The van der Waals surface area contributed by atoms with E-state index in [9.17, 15) is 18.0 Å². The lowest BCUT2D eigenvalue weighted by Crippen LogP contribution is -2.21. The summed E-state index contributed by atoms with van der Waals surface area (Å²) in [4.78, 5) is 20.9. The maximum absolute atomic E-state index is 12.0. The third-order valence-corrected chi connectivity index (χ3v) is 4.18. The van der Waals surface area contributed by atoms with E-state index in [4.69, 9.17) is 24.1 Å². The lowest BCUT2D eigenvalue weighted by Gasteiger charge is -2.11. The molecule has 0 saturated heterocycles. The molecule has 11 heteroatoms. The van der Waals surface area contributed by atoms with Crippen molar-refractivity contribution in [1.29, 1.82) is 0 Å². The Labute approximate surface area is 176 Å². The number of methoxy groups -OCH3 is 3. The number of carbonyl (C=O) groups is 2. The fraction of sp³-hybridized carbons (Fsp3) is 0.250. The number of ether oxygens (including phenoxy) is 3. The molecule has 0 atom stereocenters. The van der Waals surface area contributed by atoms with Gasteiger partial charge in [0.25, 0.3) is 0 Å². The van der Waals surface area contributed by atoms with Crippen molar-refractivity contribution in [3.05, 3.63) is 42.1 Å². The Kier molecular flexibility index (Phi) is 7.11. The molecular formula is C20H21F3N2O6. The average molecular weight is 442 g/mol. The molecule has 0 unspecified atom stereocenters. The van der Waals surface area contributed by atoms with Crippen molar-refractivity contribution >= 4 is 22.8 Å². The number of aromatic nitrogens is 2. The Morgan fingerprint density at radius 1 is 1.06 bits per heavy atom. The number of aliphatic carboxylic acids is 1. The van der Waals surface area contributed by atoms with Crippen molar-refractivity contribution in [1.82, 2.24) is 9.78 Å². The minimum atomic E-state index is -5.08. The van der Waals surface area contributed by atoms with Crippen LogP contribution in [0.15, 0.2) is 36.4 Å². The molecule has 0 aliphatic heterocycles. The van der Waals surface area contributed by atoms with Gasteiger partial charge < -0.3 is 19.3 Å². The van der Waals surface area contributed by atoms with E-state index in [1.807, 2.05) is 36.4 Å². The van der Waals surface area contributed by atoms with Crippen LogP contribution in [0.4, 0.5) is 13.2 Å². The molecule has 0 bridgehead atoms. The number of hydrogen-bond acceptors (Lipinski definition) is 6. The third-order valence-electron chi connectivity index (χ3n) is 4.18. The van der Waals surface area contributed by atoms with Crippen LogP contribution in [0.5, 0.6) is 11.5 Å².